The van der Waals surface area contributed by atoms with Gasteiger partial charge in [0.25, 0.3) is 10.0 Å². The molecule has 2 amide bonds. The molecule has 196 valence electrons. The van der Waals surface area contributed by atoms with Crippen LogP contribution >= 0.6 is 45.8 Å². The Morgan fingerprint density at radius 3 is 2.08 bits per heavy atom. The van der Waals surface area contributed by atoms with Gasteiger partial charge in [0.1, 0.15) is 12.6 Å². The summed E-state index contributed by atoms with van der Waals surface area (Å²) in [5.74, 6) is -0.963. The number of carbonyl (C=O) groups is 2. The standard InChI is InChI=1S/C26H26Cl2IN3O4S/c1-3-24(26(34)30-2)31(16-21-22(27)10-7-11-23(21)28)25(33)17-32(19-14-12-18(29)13-15-19)37(35,36)20-8-5-4-6-9-20/h4-15,24H,3,16-17H2,1-2H3,(H,30,34)/t24-/m1/s1. The molecule has 0 bridgehead atoms. The van der Waals surface area contributed by atoms with Gasteiger partial charge in [0, 0.05) is 32.8 Å². The van der Waals surface area contributed by atoms with Crippen LogP contribution in [0.4, 0.5) is 5.69 Å². The number of likely N-dealkylation sites (N-methyl/N-ethyl adjacent to an activating group) is 1. The van der Waals surface area contributed by atoms with Gasteiger partial charge in [0.2, 0.25) is 11.8 Å². The number of carbonyl (C=O) groups excluding carboxylic acids is 2. The molecule has 3 aromatic carbocycles. The molecular formula is C26H26Cl2IN3O4S. The van der Waals surface area contributed by atoms with E-state index in [9.17, 15) is 18.0 Å². The maximum Gasteiger partial charge on any atom is 0.264 e. The minimum absolute atomic E-state index is 0.0420. The van der Waals surface area contributed by atoms with Crippen molar-refractivity contribution in [1.29, 1.82) is 0 Å². The molecule has 7 nitrogen and oxygen atoms in total. The number of amides is 2. The summed E-state index contributed by atoms with van der Waals surface area (Å²) < 4.78 is 29.4. The van der Waals surface area contributed by atoms with Gasteiger partial charge in [-0.3, -0.25) is 13.9 Å². The van der Waals surface area contributed by atoms with Crippen molar-refractivity contribution in [3.8, 4) is 0 Å². The SMILES string of the molecule is CC[C@H](C(=O)NC)N(Cc1c(Cl)cccc1Cl)C(=O)CN(c1ccc(I)cc1)S(=O)(=O)c1ccccc1. The average molecular weight is 674 g/mol. The van der Waals surface area contributed by atoms with E-state index in [1.165, 1.54) is 24.1 Å². The van der Waals surface area contributed by atoms with Crippen LogP contribution in [0.3, 0.4) is 0 Å². The Morgan fingerprint density at radius 2 is 1.54 bits per heavy atom. The van der Waals surface area contributed by atoms with Gasteiger partial charge >= 0.3 is 0 Å². The predicted molar refractivity (Wildman–Crippen MR) is 155 cm³/mol. The number of anilines is 1. The first-order chi connectivity index (χ1) is 17.6. The Labute approximate surface area is 240 Å². The number of sulfonamides is 1. The summed E-state index contributed by atoms with van der Waals surface area (Å²) in [6.07, 6.45) is 0.294. The Balaban J connectivity index is 2.08. The number of hydrogen-bond acceptors (Lipinski definition) is 4. The van der Waals surface area contributed by atoms with Gasteiger partial charge in [-0.2, -0.15) is 0 Å². The van der Waals surface area contributed by atoms with Crippen molar-refractivity contribution in [1.82, 2.24) is 10.2 Å². The molecule has 0 aromatic heterocycles. The number of benzene rings is 3. The van der Waals surface area contributed by atoms with Crippen molar-refractivity contribution in [2.45, 2.75) is 30.8 Å². The van der Waals surface area contributed by atoms with Crippen LogP contribution < -0.4 is 9.62 Å². The summed E-state index contributed by atoms with van der Waals surface area (Å²) in [4.78, 5) is 28.0. The third kappa shape index (κ3) is 6.95. The first-order valence-electron chi connectivity index (χ1n) is 11.4. The lowest BCUT2D eigenvalue weighted by atomic mass is 10.1. The van der Waals surface area contributed by atoms with Crippen LogP contribution in [0, 0.1) is 3.57 Å². The molecular weight excluding hydrogens is 648 g/mol. The highest BCUT2D eigenvalue weighted by atomic mass is 127. The summed E-state index contributed by atoms with van der Waals surface area (Å²) in [6, 6.07) is 18.8. The topological polar surface area (TPSA) is 86.8 Å². The molecule has 0 aliphatic rings. The van der Waals surface area contributed by atoms with E-state index in [1.54, 1.807) is 67.6 Å². The molecule has 11 heteroatoms. The second-order valence-corrected chi connectivity index (χ2v) is 12.0. The highest BCUT2D eigenvalue weighted by Crippen LogP contribution is 2.29. The van der Waals surface area contributed by atoms with E-state index in [-0.39, 0.29) is 17.3 Å². The van der Waals surface area contributed by atoms with E-state index in [0.717, 1.165) is 7.88 Å². The average Bonchev–Trinajstić information content (AvgIpc) is 2.89. The molecule has 0 unspecified atom stereocenters. The van der Waals surface area contributed by atoms with Gasteiger partial charge in [0.15, 0.2) is 0 Å². The molecule has 1 N–H and O–H groups in total. The Kier molecular flexibility index (Phi) is 10.2. The lowest BCUT2D eigenvalue weighted by Crippen LogP contribution is -2.51. The molecule has 0 radical (unpaired) electrons. The first-order valence-corrected chi connectivity index (χ1v) is 14.6. The fourth-order valence-corrected chi connectivity index (χ4v) is 6.11. The first kappa shape index (κ1) is 29.2. The third-order valence-corrected chi connectivity index (χ3v) is 8.96. The van der Waals surface area contributed by atoms with Gasteiger partial charge in [-0.25, -0.2) is 8.42 Å². The van der Waals surface area contributed by atoms with Crippen molar-refractivity contribution in [3.63, 3.8) is 0 Å². The molecule has 0 spiro atoms. The second-order valence-electron chi connectivity index (χ2n) is 8.06. The third-order valence-electron chi connectivity index (χ3n) is 5.75. The zero-order chi connectivity index (χ0) is 27.2. The molecule has 0 fully saturated rings. The van der Waals surface area contributed by atoms with Crippen LogP contribution in [0.5, 0.6) is 0 Å². The van der Waals surface area contributed by atoms with Crippen molar-refractivity contribution < 1.29 is 18.0 Å². The lowest BCUT2D eigenvalue weighted by Gasteiger charge is -2.33. The highest BCUT2D eigenvalue weighted by molar-refractivity contribution is 14.1. The van der Waals surface area contributed by atoms with E-state index in [1.807, 2.05) is 0 Å². The monoisotopic (exact) mass is 673 g/mol. The lowest BCUT2D eigenvalue weighted by molar-refractivity contribution is -0.140. The summed E-state index contributed by atoms with van der Waals surface area (Å²) >= 11 is 14.9. The molecule has 3 aromatic rings. The molecule has 1 atom stereocenters. The smallest absolute Gasteiger partial charge is 0.264 e. The van der Waals surface area contributed by atoms with Gasteiger partial charge in [-0.15, -0.1) is 0 Å². The van der Waals surface area contributed by atoms with Crippen LogP contribution in [-0.4, -0.2) is 44.8 Å². The van der Waals surface area contributed by atoms with Crippen molar-refractivity contribution >= 4 is 73.3 Å². The minimum Gasteiger partial charge on any atom is -0.357 e. The largest absolute Gasteiger partial charge is 0.357 e. The fraction of sp³-hybridized carbons (Fsp3) is 0.231. The van der Waals surface area contributed by atoms with Crippen LogP contribution in [0.15, 0.2) is 77.7 Å². The Morgan fingerprint density at radius 1 is 0.946 bits per heavy atom. The van der Waals surface area contributed by atoms with E-state index in [0.29, 0.717) is 27.7 Å². The normalized spacial score (nSPS) is 12.0. The molecule has 37 heavy (non-hydrogen) atoms. The van der Waals surface area contributed by atoms with Crippen LogP contribution in [0.25, 0.3) is 0 Å². The fourth-order valence-electron chi connectivity index (χ4n) is 3.80. The maximum atomic E-state index is 13.9. The minimum atomic E-state index is -4.11. The quantitative estimate of drug-likeness (QED) is 0.294. The predicted octanol–water partition coefficient (Wildman–Crippen LogP) is 5.35. The van der Waals surface area contributed by atoms with Gasteiger partial charge in [0.05, 0.1) is 10.6 Å². The van der Waals surface area contributed by atoms with Gasteiger partial charge < -0.3 is 10.2 Å². The summed E-state index contributed by atoms with van der Waals surface area (Å²) in [7, 11) is -2.63. The molecule has 0 saturated heterocycles. The molecule has 0 heterocycles. The van der Waals surface area contributed by atoms with Crippen LogP contribution in [-0.2, 0) is 26.2 Å². The highest BCUT2D eigenvalue weighted by Gasteiger charge is 2.34. The van der Waals surface area contributed by atoms with Gasteiger partial charge in [-0.05, 0) is 77.5 Å². The van der Waals surface area contributed by atoms with Crippen molar-refractivity contribution in [3.05, 3.63) is 92.0 Å². The second kappa shape index (κ2) is 12.9. The Bertz CT molecular complexity index is 1340. The number of hydrogen-bond donors (Lipinski definition) is 1. The number of nitrogens with zero attached hydrogens (tertiary/aromatic N) is 2. The molecule has 0 aliphatic carbocycles. The summed E-state index contributed by atoms with van der Waals surface area (Å²) in [6.45, 7) is 1.16. The van der Waals surface area contributed by atoms with E-state index in [2.05, 4.69) is 27.9 Å². The van der Waals surface area contributed by atoms with Gasteiger partial charge in [-0.1, -0.05) is 54.4 Å². The van der Waals surface area contributed by atoms with Crippen LogP contribution in [0.2, 0.25) is 10.0 Å². The zero-order valence-corrected chi connectivity index (χ0v) is 24.7. The Hall–Kier alpha value is -2.34. The molecule has 0 aliphatic heterocycles. The summed E-state index contributed by atoms with van der Waals surface area (Å²) in [5.41, 5.74) is 0.787. The number of nitrogens with one attached hydrogen (secondary N) is 1. The van der Waals surface area contributed by atoms with Crippen LogP contribution in [0.1, 0.15) is 18.9 Å². The van der Waals surface area contributed by atoms with Crippen molar-refractivity contribution in [2.75, 3.05) is 17.9 Å². The number of rotatable bonds is 10. The van der Waals surface area contributed by atoms with Crippen molar-refractivity contribution in [2.24, 2.45) is 0 Å². The van der Waals surface area contributed by atoms with E-state index >= 15 is 0 Å². The van der Waals surface area contributed by atoms with E-state index < -0.39 is 28.5 Å². The molecule has 0 saturated carbocycles. The maximum absolute atomic E-state index is 13.9. The molecule has 3 rings (SSSR count). The zero-order valence-electron chi connectivity index (χ0n) is 20.2. The number of halogens is 3. The summed E-state index contributed by atoms with van der Waals surface area (Å²) in [5, 5.41) is 3.26. The van der Waals surface area contributed by atoms with E-state index in [4.69, 9.17) is 23.2 Å².